The Morgan fingerprint density at radius 1 is 1.24 bits per heavy atom. The van der Waals surface area contributed by atoms with Gasteiger partial charge in [0.1, 0.15) is 13.2 Å². The summed E-state index contributed by atoms with van der Waals surface area (Å²) in [6.45, 7) is 2.25. The second kappa shape index (κ2) is 5.16. The van der Waals surface area contributed by atoms with Crippen molar-refractivity contribution in [2.24, 2.45) is 5.92 Å². The van der Waals surface area contributed by atoms with Crippen LogP contribution in [0.1, 0.15) is 6.42 Å². The number of hydrogen-bond donors (Lipinski definition) is 1. The van der Waals surface area contributed by atoms with E-state index in [1.807, 2.05) is 12.1 Å². The van der Waals surface area contributed by atoms with E-state index >= 15 is 0 Å². The summed E-state index contributed by atoms with van der Waals surface area (Å²) in [5, 5.41) is 3.47. The Morgan fingerprint density at radius 2 is 2.05 bits per heavy atom. The van der Waals surface area contributed by atoms with E-state index in [2.05, 4.69) is 10.3 Å². The highest BCUT2D eigenvalue weighted by Gasteiger charge is 2.24. The van der Waals surface area contributed by atoms with Crippen molar-refractivity contribution in [3.05, 3.63) is 12.1 Å². The highest BCUT2D eigenvalue weighted by atomic mass is 32.1. The predicted octanol–water partition coefficient (Wildman–Crippen LogP) is 2.04. The van der Waals surface area contributed by atoms with Gasteiger partial charge in [-0.15, -0.1) is 0 Å². The van der Waals surface area contributed by atoms with Crippen molar-refractivity contribution in [3.8, 4) is 11.5 Å². The van der Waals surface area contributed by atoms with Gasteiger partial charge in [0.15, 0.2) is 16.6 Å². The second-order valence-electron chi connectivity index (χ2n) is 5.03. The number of aromatic nitrogens is 1. The van der Waals surface area contributed by atoms with Gasteiger partial charge >= 0.3 is 0 Å². The molecule has 2 aliphatic rings. The topological polar surface area (TPSA) is 69.7 Å². The van der Waals surface area contributed by atoms with Gasteiger partial charge in [-0.05, 0) is 6.42 Å². The number of thiazole rings is 1. The molecule has 110 valence electrons. The number of ether oxygens (including phenoxy) is 3. The molecule has 0 spiro atoms. The van der Waals surface area contributed by atoms with E-state index in [9.17, 15) is 4.79 Å². The number of benzene rings is 1. The number of nitrogens with zero attached hydrogens (tertiary/aromatic N) is 1. The summed E-state index contributed by atoms with van der Waals surface area (Å²) in [5.74, 6) is 1.35. The molecule has 7 heteroatoms. The normalized spacial score (nSPS) is 20.7. The average molecular weight is 306 g/mol. The largest absolute Gasteiger partial charge is 0.486 e. The summed E-state index contributed by atoms with van der Waals surface area (Å²) in [7, 11) is 0. The second-order valence-corrected chi connectivity index (χ2v) is 6.06. The fourth-order valence-corrected chi connectivity index (χ4v) is 3.35. The van der Waals surface area contributed by atoms with Crippen molar-refractivity contribution >= 4 is 32.6 Å². The molecule has 21 heavy (non-hydrogen) atoms. The van der Waals surface area contributed by atoms with Crippen LogP contribution in [0.2, 0.25) is 0 Å². The molecular weight excluding hydrogens is 292 g/mol. The highest BCUT2D eigenvalue weighted by molar-refractivity contribution is 7.22. The molecular formula is C14H14N2O4S. The van der Waals surface area contributed by atoms with Crippen LogP contribution in [0.25, 0.3) is 10.2 Å². The van der Waals surface area contributed by atoms with Crippen molar-refractivity contribution < 1.29 is 19.0 Å². The van der Waals surface area contributed by atoms with Crippen molar-refractivity contribution in [2.45, 2.75) is 6.42 Å². The van der Waals surface area contributed by atoms with E-state index in [4.69, 9.17) is 14.2 Å². The molecule has 2 aromatic rings. The van der Waals surface area contributed by atoms with Crippen LogP contribution in [0.3, 0.4) is 0 Å². The molecule has 6 nitrogen and oxygen atoms in total. The fourth-order valence-electron chi connectivity index (χ4n) is 2.47. The van der Waals surface area contributed by atoms with Gasteiger partial charge in [-0.25, -0.2) is 4.98 Å². The summed E-state index contributed by atoms with van der Waals surface area (Å²) < 4.78 is 17.3. The Kier molecular flexibility index (Phi) is 3.16. The van der Waals surface area contributed by atoms with Gasteiger partial charge in [0, 0.05) is 18.7 Å². The van der Waals surface area contributed by atoms with E-state index < -0.39 is 0 Å². The Bertz CT molecular complexity index is 651. The maximum atomic E-state index is 12.1. The van der Waals surface area contributed by atoms with Gasteiger partial charge in [-0.3, -0.25) is 4.79 Å². The third-order valence-electron chi connectivity index (χ3n) is 3.58. The summed E-state index contributed by atoms with van der Waals surface area (Å²) in [4.78, 5) is 16.5. The number of fused-ring (bicyclic) bond motifs is 2. The van der Waals surface area contributed by atoms with Crippen molar-refractivity contribution in [2.75, 3.05) is 31.7 Å². The zero-order valence-electron chi connectivity index (χ0n) is 11.3. The smallest absolute Gasteiger partial charge is 0.231 e. The fraction of sp³-hybridized carbons (Fsp3) is 0.429. The van der Waals surface area contributed by atoms with Crippen LogP contribution in [0.5, 0.6) is 11.5 Å². The minimum absolute atomic E-state index is 0.0242. The van der Waals surface area contributed by atoms with Crippen LogP contribution in [-0.2, 0) is 9.53 Å². The molecule has 0 bridgehead atoms. The lowest BCUT2D eigenvalue weighted by Crippen LogP contribution is -2.22. The molecule has 1 aromatic heterocycles. The predicted molar refractivity (Wildman–Crippen MR) is 78.2 cm³/mol. The lowest BCUT2D eigenvalue weighted by molar-refractivity contribution is -0.119. The Balaban J connectivity index is 1.59. The molecule has 4 rings (SSSR count). The van der Waals surface area contributed by atoms with E-state index in [1.165, 1.54) is 11.3 Å². The summed E-state index contributed by atoms with van der Waals surface area (Å²) >= 11 is 1.44. The lowest BCUT2D eigenvalue weighted by atomic mass is 10.1. The monoisotopic (exact) mass is 306 g/mol. The number of carbonyl (C=O) groups is 1. The van der Waals surface area contributed by atoms with Gasteiger partial charge in [0.25, 0.3) is 0 Å². The first-order chi connectivity index (χ1) is 10.3. The van der Waals surface area contributed by atoms with Crippen LogP contribution in [0.15, 0.2) is 12.1 Å². The van der Waals surface area contributed by atoms with Crippen LogP contribution >= 0.6 is 11.3 Å². The first-order valence-electron chi connectivity index (χ1n) is 6.88. The van der Waals surface area contributed by atoms with Gasteiger partial charge in [0.2, 0.25) is 5.91 Å². The number of carbonyl (C=O) groups excluding carboxylic acids is 1. The zero-order valence-corrected chi connectivity index (χ0v) is 12.1. The molecule has 0 saturated carbocycles. The summed E-state index contributed by atoms with van der Waals surface area (Å²) in [6, 6.07) is 3.77. The Labute approximate surface area is 125 Å². The molecule has 1 fully saturated rings. The molecule has 2 aliphatic heterocycles. The van der Waals surface area contributed by atoms with Crippen molar-refractivity contribution in [3.63, 3.8) is 0 Å². The highest BCUT2D eigenvalue weighted by Crippen LogP contribution is 2.37. The van der Waals surface area contributed by atoms with E-state index in [1.54, 1.807) is 0 Å². The van der Waals surface area contributed by atoms with Crippen molar-refractivity contribution in [1.29, 1.82) is 0 Å². The first kappa shape index (κ1) is 12.8. The van der Waals surface area contributed by atoms with E-state index in [0.717, 1.165) is 22.4 Å². The SMILES string of the molecule is O=C(Nc1nc2cc3c(cc2s1)OCCO3)C1CCOC1. The third-order valence-corrected chi connectivity index (χ3v) is 4.52. The van der Waals surface area contributed by atoms with Gasteiger partial charge in [0.05, 0.1) is 22.7 Å². The number of nitrogens with one attached hydrogen (secondary N) is 1. The maximum absolute atomic E-state index is 12.1. The van der Waals surface area contributed by atoms with E-state index in [-0.39, 0.29) is 11.8 Å². The van der Waals surface area contributed by atoms with E-state index in [0.29, 0.717) is 37.3 Å². The molecule has 1 atom stereocenters. The van der Waals surface area contributed by atoms with Crippen molar-refractivity contribution in [1.82, 2.24) is 4.98 Å². The number of anilines is 1. The summed E-state index contributed by atoms with van der Waals surface area (Å²) in [6.07, 6.45) is 0.771. The van der Waals surface area contributed by atoms with Crippen LogP contribution in [-0.4, -0.2) is 37.3 Å². The molecule has 1 amide bonds. The minimum atomic E-state index is -0.0723. The van der Waals surface area contributed by atoms with Gasteiger partial charge in [-0.2, -0.15) is 0 Å². The van der Waals surface area contributed by atoms with Crippen LogP contribution in [0, 0.1) is 5.92 Å². The molecule has 1 aromatic carbocycles. The number of hydrogen-bond acceptors (Lipinski definition) is 6. The molecule has 1 N–H and O–H groups in total. The molecule has 0 radical (unpaired) electrons. The van der Waals surface area contributed by atoms with Gasteiger partial charge in [-0.1, -0.05) is 11.3 Å². The quantitative estimate of drug-likeness (QED) is 0.919. The Morgan fingerprint density at radius 3 is 2.81 bits per heavy atom. The molecule has 0 aliphatic carbocycles. The molecule has 1 unspecified atom stereocenters. The first-order valence-corrected chi connectivity index (χ1v) is 7.70. The number of rotatable bonds is 2. The van der Waals surface area contributed by atoms with Gasteiger partial charge < -0.3 is 19.5 Å². The standard InChI is InChI=1S/C14H14N2O4S/c17-13(8-1-2-18-7-8)16-14-15-9-5-10-11(6-12(9)21-14)20-4-3-19-10/h5-6,8H,1-4,7H2,(H,15,16,17). The van der Waals surface area contributed by atoms with Crippen LogP contribution in [0.4, 0.5) is 5.13 Å². The maximum Gasteiger partial charge on any atom is 0.231 e. The lowest BCUT2D eigenvalue weighted by Gasteiger charge is -2.17. The zero-order chi connectivity index (χ0) is 14.2. The number of amides is 1. The Hall–Kier alpha value is -1.86. The average Bonchev–Trinajstić information content (AvgIpc) is 3.13. The summed E-state index contributed by atoms with van der Waals surface area (Å²) in [5.41, 5.74) is 0.808. The van der Waals surface area contributed by atoms with Crippen LogP contribution < -0.4 is 14.8 Å². The minimum Gasteiger partial charge on any atom is -0.486 e. The third kappa shape index (κ3) is 2.43. The molecule has 3 heterocycles. The molecule has 1 saturated heterocycles.